The van der Waals surface area contributed by atoms with Crippen molar-refractivity contribution in [3.05, 3.63) is 72.5 Å². The fourth-order valence-electron chi connectivity index (χ4n) is 2.90. The second-order valence-electron chi connectivity index (χ2n) is 6.51. The van der Waals surface area contributed by atoms with E-state index in [-0.39, 0.29) is 12.2 Å². The highest BCUT2D eigenvalue weighted by molar-refractivity contribution is 5.71. The number of benzene rings is 2. The van der Waals surface area contributed by atoms with Crippen LogP contribution < -0.4 is 4.74 Å². The monoisotopic (exact) mass is 379 g/mol. The Morgan fingerprint density at radius 3 is 2.43 bits per heavy atom. The average molecular weight is 379 g/mol. The van der Waals surface area contributed by atoms with Gasteiger partial charge in [-0.15, -0.1) is 0 Å². The molecule has 0 unspecified atom stereocenters. The highest BCUT2D eigenvalue weighted by Crippen LogP contribution is 2.29. The lowest BCUT2D eigenvalue weighted by molar-refractivity contribution is -0.137. The van der Waals surface area contributed by atoms with Crippen molar-refractivity contribution in [3.63, 3.8) is 0 Å². The summed E-state index contributed by atoms with van der Waals surface area (Å²) >= 11 is 0. The number of hydrogen-bond acceptors (Lipinski definition) is 3. The van der Waals surface area contributed by atoms with Crippen LogP contribution in [0.5, 0.6) is 5.88 Å². The van der Waals surface area contributed by atoms with E-state index in [0.29, 0.717) is 30.2 Å². The van der Waals surface area contributed by atoms with Crippen LogP contribution in [-0.2, 0) is 4.79 Å². The molecule has 1 heterocycles. The van der Waals surface area contributed by atoms with Gasteiger partial charge in [0.1, 0.15) is 5.82 Å². The first kappa shape index (κ1) is 19.5. The number of ether oxygens (including phenoxy) is 1. The molecule has 1 N–H and O–H groups in total. The molecule has 3 rings (SSSR count). The predicted molar refractivity (Wildman–Crippen MR) is 107 cm³/mol. The third-order valence-corrected chi connectivity index (χ3v) is 4.31. The molecule has 0 aliphatic heterocycles. The smallest absolute Gasteiger partial charge is 0.303 e. The van der Waals surface area contributed by atoms with Gasteiger partial charge in [-0.1, -0.05) is 42.5 Å². The molecule has 2 aromatic carbocycles. The minimum absolute atomic E-state index is 0.172. The van der Waals surface area contributed by atoms with Gasteiger partial charge in [0.25, 0.3) is 0 Å². The van der Waals surface area contributed by atoms with Gasteiger partial charge in [-0.3, -0.25) is 4.79 Å². The zero-order valence-corrected chi connectivity index (χ0v) is 15.5. The van der Waals surface area contributed by atoms with Crippen LogP contribution in [0, 0.1) is 5.82 Å². The molecule has 3 aromatic rings. The number of pyridine rings is 1. The van der Waals surface area contributed by atoms with Crippen LogP contribution >= 0.6 is 0 Å². The lowest BCUT2D eigenvalue weighted by Gasteiger charge is -2.11. The predicted octanol–water partition coefficient (Wildman–Crippen LogP) is 5.58. The molecular weight excluding hydrogens is 357 g/mol. The summed E-state index contributed by atoms with van der Waals surface area (Å²) in [5.74, 6) is -0.623. The van der Waals surface area contributed by atoms with Gasteiger partial charge in [0.2, 0.25) is 5.88 Å². The van der Waals surface area contributed by atoms with Crippen LogP contribution in [-0.4, -0.2) is 22.7 Å². The van der Waals surface area contributed by atoms with E-state index in [1.807, 2.05) is 48.5 Å². The molecule has 0 atom stereocenters. The summed E-state index contributed by atoms with van der Waals surface area (Å²) < 4.78 is 19.5. The average Bonchev–Trinajstić information content (AvgIpc) is 2.71. The number of carboxylic acids is 1. The summed E-state index contributed by atoms with van der Waals surface area (Å²) in [6, 6.07) is 20.0. The summed E-state index contributed by atoms with van der Waals surface area (Å²) in [7, 11) is 0. The van der Waals surface area contributed by atoms with Crippen molar-refractivity contribution in [1.82, 2.24) is 4.98 Å². The summed E-state index contributed by atoms with van der Waals surface area (Å²) in [5.41, 5.74) is 3.29. The van der Waals surface area contributed by atoms with Crippen LogP contribution in [0.25, 0.3) is 22.4 Å². The number of unbranched alkanes of at least 4 members (excludes halogenated alkanes) is 2. The molecular formula is C23H22FNO3. The zero-order chi connectivity index (χ0) is 19.8. The fraction of sp³-hybridized carbons (Fsp3) is 0.217. The largest absolute Gasteiger partial charge is 0.481 e. The summed E-state index contributed by atoms with van der Waals surface area (Å²) in [4.78, 5) is 15.1. The highest BCUT2D eigenvalue weighted by Gasteiger charge is 2.09. The summed E-state index contributed by atoms with van der Waals surface area (Å²) in [5, 5.41) is 8.68. The quantitative estimate of drug-likeness (QED) is 0.493. The molecule has 28 heavy (non-hydrogen) atoms. The number of halogens is 1. The van der Waals surface area contributed by atoms with E-state index in [1.165, 1.54) is 12.1 Å². The maximum Gasteiger partial charge on any atom is 0.303 e. The molecule has 0 amide bonds. The number of carbonyl (C=O) groups is 1. The third-order valence-electron chi connectivity index (χ3n) is 4.31. The Morgan fingerprint density at radius 1 is 0.893 bits per heavy atom. The number of rotatable bonds is 9. The van der Waals surface area contributed by atoms with Gasteiger partial charge in [-0.05, 0) is 48.6 Å². The molecule has 0 saturated heterocycles. The van der Waals surface area contributed by atoms with Crippen LogP contribution in [0.15, 0.2) is 66.7 Å². The van der Waals surface area contributed by atoms with Crippen molar-refractivity contribution in [1.29, 1.82) is 0 Å². The van der Waals surface area contributed by atoms with Crippen molar-refractivity contribution >= 4 is 5.97 Å². The summed E-state index contributed by atoms with van der Waals surface area (Å²) in [6.45, 7) is 0.452. The van der Waals surface area contributed by atoms with E-state index >= 15 is 0 Å². The molecule has 0 aliphatic rings. The van der Waals surface area contributed by atoms with Gasteiger partial charge in [0.15, 0.2) is 0 Å². The van der Waals surface area contributed by atoms with E-state index in [0.717, 1.165) is 24.0 Å². The first-order valence-electron chi connectivity index (χ1n) is 9.30. The van der Waals surface area contributed by atoms with E-state index < -0.39 is 5.97 Å². The Hall–Kier alpha value is -3.21. The first-order valence-corrected chi connectivity index (χ1v) is 9.30. The number of nitrogens with zero attached hydrogens (tertiary/aromatic N) is 1. The molecule has 0 aliphatic carbocycles. The van der Waals surface area contributed by atoms with Gasteiger partial charge in [-0.25, -0.2) is 9.37 Å². The molecule has 0 bridgehead atoms. The first-order chi connectivity index (χ1) is 13.6. The normalized spacial score (nSPS) is 10.6. The maximum atomic E-state index is 13.7. The van der Waals surface area contributed by atoms with Gasteiger partial charge in [0.05, 0.1) is 12.3 Å². The minimum Gasteiger partial charge on any atom is -0.481 e. The van der Waals surface area contributed by atoms with Crippen molar-refractivity contribution in [2.75, 3.05) is 6.61 Å². The van der Waals surface area contributed by atoms with Gasteiger partial charge >= 0.3 is 5.97 Å². The molecule has 0 saturated carbocycles. The molecule has 0 radical (unpaired) electrons. The van der Waals surface area contributed by atoms with Gasteiger partial charge in [-0.2, -0.15) is 0 Å². The van der Waals surface area contributed by atoms with E-state index in [1.54, 1.807) is 6.07 Å². The van der Waals surface area contributed by atoms with Crippen molar-refractivity contribution in [3.8, 4) is 28.3 Å². The second kappa shape index (κ2) is 9.65. The second-order valence-corrected chi connectivity index (χ2v) is 6.51. The fourth-order valence-corrected chi connectivity index (χ4v) is 2.90. The molecule has 0 spiro atoms. The SMILES string of the molecule is O=C(O)CCCCCOc1cc(-c2ccccc2)cc(-c2cccc(F)c2)n1. The molecule has 0 fully saturated rings. The Labute approximate surface area is 163 Å². The van der Waals surface area contributed by atoms with Crippen LogP contribution in [0.3, 0.4) is 0 Å². The van der Waals surface area contributed by atoms with Crippen molar-refractivity contribution < 1.29 is 19.0 Å². The number of hydrogen-bond donors (Lipinski definition) is 1. The van der Waals surface area contributed by atoms with Crippen LogP contribution in [0.4, 0.5) is 4.39 Å². The van der Waals surface area contributed by atoms with Crippen LogP contribution in [0.1, 0.15) is 25.7 Å². The lowest BCUT2D eigenvalue weighted by atomic mass is 10.0. The third kappa shape index (κ3) is 5.64. The van der Waals surface area contributed by atoms with Gasteiger partial charge in [0, 0.05) is 18.1 Å². The number of carboxylic acid groups (broad SMARTS) is 1. The van der Waals surface area contributed by atoms with Crippen LogP contribution in [0.2, 0.25) is 0 Å². The molecule has 144 valence electrons. The topological polar surface area (TPSA) is 59.4 Å². The standard InChI is InChI=1S/C23H22FNO3/c24-20-11-7-10-18(14-20)21-15-19(17-8-3-1-4-9-17)16-22(25-21)28-13-6-2-5-12-23(26)27/h1,3-4,7-11,14-16H,2,5-6,12-13H2,(H,26,27). The van der Waals surface area contributed by atoms with E-state index in [2.05, 4.69) is 4.98 Å². The zero-order valence-electron chi connectivity index (χ0n) is 15.5. The lowest BCUT2D eigenvalue weighted by Crippen LogP contribution is -2.01. The van der Waals surface area contributed by atoms with Crippen molar-refractivity contribution in [2.24, 2.45) is 0 Å². The van der Waals surface area contributed by atoms with Crippen molar-refractivity contribution in [2.45, 2.75) is 25.7 Å². The number of aromatic nitrogens is 1. The molecule has 5 heteroatoms. The highest BCUT2D eigenvalue weighted by atomic mass is 19.1. The Kier molecular flexibility index (Phi) is 6.73. The Morgan fingerprint density at radius 2 is 1.68 bits per heavy atom. The van der Waals surface area contributed by atoms with E-state index in [9.17, 15) is 9.18 Å². The minimum atomic E-state index is -0.780. The number of aliphatic carboxylic acids is 1. The van der Waals surface area contributed by atoms with Gasteiger partial charge < -0.3 is 9.84 Å². The molecule has 4 nitrogen and oxygen atoms in total. The molecule has 1 aromatic heterocycles. The maximum absolute atomic E-state index is 13.7. The Balaban J connectivity index is 1.79. The Bertz CT molecular complexity index is 928. The van der Waals surface area contributed by atoms with E-state index in [4.69, 9.17) is 9.84 Å². The summed E-state index contributed by atoms with van der Waals surface area (Å²) in [6.07, 6.45) is 2.33.